The molecule has 1 heterocycles. The number of ether oxygens (including phenoxy) is 1. The second-order valence-corrected chi connectivity index (χ2v) is 5.74. The summed E-state index contributed by atoms with van der Waals surface area (Å²) >= 11 is 6.13. The second kappa shape index (κ2) is 4.51. The summed E-state index contributed by atoms with van der Waals surface area (Å²) in [6.07, 6.45) is 3.58. The molecule has 1 N–H and O–H groups in total. The molecule has 0 radical (unpaired) electrons. The monoisotopic (exact) mass is 251 g/mol. The third-order valence-electron chi connectivity index (χ3n) is 3.78. The van der Waals surface area contributed by atoms with Gasteiger partial charge in [0.15, 0.2) is 0 Å². The van der Waals surface area contributed by atoms with Gasteiger partial charge in [0.25, 0.3) is 0 Å². The predicted octanol–water partition coefficient (Wildman–Crippen LogP) is 3.16. The Morgan fingerprint density at radius 3 is 3.00 bits per heavy atom. The molecule has 2 aliphatic rings. The fourth-order valence-electron chi connectivity index (χ4n) is 2.80. The van der Waals surface area contributed by atoms with Gasteiger partial charge in [-0.3, -0.25) is 0 Å². The molecule has 0 atom stereocenters. The maximum atomic E-state index is 6.13. The van der Waals surface area contributed by atoms with Crippen LogP contribution in [-0.4, -0.2) is 12.6 Å². The van der Waals surface area contributed by atoms with E-state index in [2.05, 4.69) is 12.2 Å². The molecule has 0 bridgehead atoms. The van der Waals surface area contributed by atoms with Gasteiger partial charge in [-0.1, -0.05) is 18.5 Å². The van der Waals surface area contributed by atoms with E-state index in [1.54, 1.807) is 0 Å². The van der Waals surface area contributed by atoms with Crippen LogP contribution in [0.3, 0.4) is 0 Å². The Kier molecular flexibility index (Phi) is 3.01. The van der Waals surface area contributed by atoms with E-state index in [1.807, 2.05) is 12.1 Å². The zero-order valence-corrected chi connectivity index (χ0v) is 10.9. The normalized spacial score (nSPS) is 26.2. The molecular weight excluding hydrogens is 234 g/mol. The lowest BCUT2D eigenvalue weighted by Gasteiger charge is -2.33. The number of nitrogens with one attached hydrogen (secondary N) is 1. The molecule has 1 aromatic carbocycles. The van der Waals surface area contributed by atoms with Gasteiger partial charge in [-0.2, -0.15) is 0 Å². The van der Waals surface area contributed by atoms with Crippen LogP contribution in [0.25, 0.3) is 0 Å². The summed E-state index contributed by atoms with van der Waals surface area (Å²) in [6.45, 7) is 3.97. The molecule has 1 fully saturated rings. The highest BCUT2D eigenvalue weighted by molar-refractivity contribution is 6.30. The van der Waals surface area contributed by atoms with Crippen molar-refractivity contribution >= 4 is 11.6 Å². The van der Waals surface area contributed by atoms with Crippen LogP contribution in [0.2, 0.25) is 5.02 Å². The van der Waals surface area contributed by atoms with Crippen LogP contribution in [0.15, 0.2) is 12.1 Å². The lowest BCUT2D eigenvalue weighted by Crippen LogP contribution is -2.39. The minimum absolute atomic E-state index is 0.682. The van der Waals surface area contributed by atoms with E-state index in [9.17, 15) is 0 Å². The van der Waals surface area contributed by atoms with Crippen molar-refractivity contribution in [2.24, 2.45) is 5.92 Å². The number of benzene rings is 1. The van der Waals surface area contributed by atoms with Gasteiger partial charge in [-0.25, -0.2) is 0 Å². The third-order valence-corrected chi connectivity index (χ3v) is 4.00. The fraction of sp³-hybridized carbons (Fsp3) is 0.571. The Hall–Kier alpha value is -0.730. The van der Waals surface area contributed by atoms with Gasteiger partial charge in [-0.05, 0) is 36.5 Å². The Bertz CT molecular complexity index is 426. The van der Waals surface area contributed by atoms with E-state index >= 15 is 0 Å². The highest BCUT2D eigenvalue weighted by Gasteiger charge is 2.25. The maximum Gasteiger partial charge on any atom is 0.127 e. The van der Waals surface area contributed by atoms with Crippen LogP contribution >= 0.6 is 11.6 Å². The van der Waals surface area contributed by atoms with Gasteiger partial charge in [0, 0.05) is 29.6 Å². The summed E-state index contributed by atoms with van der Waals surface area (Å²) in [5, 5.41) is 4.41. The van der Waals surface area contributed by atoms with Crippen LogP contribution in [-0.2, 0) is 13.0 Å². The number of hydrogen-bond donors (Lipinski definition) is 1. The second-order valence-electron chi connectivity index (χ2n) is 5.31. The molecule has 1 aliphatic heterocycles. The van der Waals surface area contributed by atoms with Gasteiger partial charge in [-0.15, -0.1) is 0 Å². The lowest BCUT2D eigenvalue weighted by molar-refractivity contribution is 0.239. The highest BCUT2D eigenvalue weighted by Crippen LogP contribution is 2.33. The molecule has 1 saturated carbocycles. The summed E-state index contributed by atoms with van der Waals surface area (Å²) in [4.78, 5) is 0. The van der Waals surface area contributed by atoms with Crippen LogP contribution in [0, 0.1) is 5.92 Å². The van der Waals surface area contributed by atoms with Gasteiger partial charge < -0.3 is 10.1 Å². The number of hydrogen-bond acceptors (Lipinski definition) is 2. The quantitative estimate of drug-likeness (QED) is 0.891. The molecular formula is C14H18ClNO. The summed E-state index contributed by atoms with van der Waals surface area (Å²) < 4.78 is 5.69. The van der Waals surface area contributed by atoms with Crippen LogP contribution < -0.4 is 10.1 Å². The largest absolute Gasteiger partial charge is 0.493 e. The van der Waals surface area contributed by atoms with Crippen LogP contribution in [0.4, 0.5) is 0 Å². The van der Waals surface area contributed by atoms with Crippen molar-refractivity contribution in [3.63, 3.8) is 0 Å². The molecule has 3 rings (SSSR count). The van der Waals surface area contributed by atoms with E-state index in [0.29, 0.717) is 6.04 Å². The molecule has 0 aromatic heterocycles. The molecule has 3 heteroatoms. The van der Waals surface area contributed by atoms with Crippen LogP contribution in [0.1, 0.15) is 30.9 Å². The summed E-state index contributed by atoms with van der Waals surface area (Å²) in [5.74, 6) is 1.95. The minimum atomic E-state index is 0.682. The zero-order chi connectivity index (χ0) is 11.8. The number of rotatable bonds is 3. The average Bonchev–Trinajstić information content (AvgIpc) is 2.70. The number of halogens is 1. The van der Waals surface area contributed by atoms with E-state index in [0.717, 1.165) is 36.3 Å². The van der Waals surface area contributed by atoms with Crippen molar-refractivity contribution in [1.82, 2.24) is 5.32 Å². The fourth-order valence-corrected chi connectivity index (χ4v) is 3.06. The Balaban J connectivity index is 1.70. The van der Waals surface area contributed by atoms with E-state index in [-0.39, 0.29) is 0 Å². The van der Waals surface area contributed by atoms with Crippen molar-refractivity contribution in [1.29, 1.82) is 0 Å². The first-order valence-corrected chi connectivity index (χ1v) is 6.77. The zero-order valence-electron chi connectivity index (χ0n) is 10.1. The molecule has 0 amide bonds. The maximum absolute atomic E-state index is 6.13. The van der Waals surface area contributed by atoms with Gasteiger partial charge >= 0.3 is 0 Å². The Labute approximate surface area is 107 Å². The smallest absolute Gasteiger partial charge is 0.127 e. The third kappa shape index (κ3) is 2.29. The lowest BCUT2D eigenvalue weighted by atomic mass is 9.82. The molecule has 1 aliphatic carbocycles. The van der Waals surface area contributed by atoms with Gasteiger partial charge in [0.2, 0.25) is 0 Å². The average molecular weight is 252 g/mol. The molecule has 0 saturated heterocycles. The van der Waals surface area contributed by atoms with E-state index < -0.39 is 0 Å². The predicted molar refractivity (Wildman–Crippen MR) is 69.7 cm³/mol. The molecule has 0 spiro atoms. The van der Waals surface area contributed by atoms with Crippen molar-refractivity contribution in [2.75, 3.05) is 6.61 Å². The van der Waals surface area contributed by atoms with Gasteiger partial charge in [0.05, 0.1) is 6.61 Å². The molecule has 92 valence electrons. The van der Waals surface area contributed by atoms with Crippen molar-refractivity contribution in [2.45, 2.75) is 38.8 Å². The Morgan fingerprint density at radius 2 is 2.24 bits per heavy atom. The molecule has 1 aromatic rings. The number of fused-ring (bicyclic) bond motifs is 1. The summed E-state index contributed by atoms with van der Waals surface area (Å²) in [5.41, 5.74) is 2.47. The standard InChI is InChI=1S/C14H18ClNO/c1-9-4-13(5-9)16-8-11-7-12(15)6-10-2-3-17-14(10)11/h6-7,9,13,16H,2-5,8H2,1H3. The summed E-state index contributed by atoms with van der Waals surface area (Å²) in [7, 11) is 0. The highest BCUT2D eigenvalue weighted by atomic mass is 35.5. The first kappa shape index (κ1) is 11.4. The van der Waals surface area contributed by atoms with Gasteiger partial charge in [0.1, 0.15) is 5.75 Å². The Morgan fingerprint density at radius 1 is 1.41 bits per heavy atom. The van der Waals surface area contributed by atoms with Crippen molar-refractivity contribution in [3.8, 4) is 5.75 Å². The summed E-state index contributed by atoms with van der Waals surface area (Å²) in [6, 6.07) is 4.74. The van der Waals surface area contributed by atoms with Crippen molar-refractivity contribution in [3.05, 3.63) is 28.3 Å². The van der Waals surface area contributed by atoms with Crippen molar-refractivity contribution < 1.29 is 4.74 Å². The SMILES string of the molecule is CC1CC(NCc2cc(Cl)cc3c2OCC3)C1. The molecule has 2 nitrogen and oxygen atoms in total. The molecule has 0 unspecified atom stereocenters. The molecule has 17 heavy (non-hydrogen) atoms. The van der Waals surface area contributed by atoms with Crippen LogP contribution in [0.5, 0.6) is 5.75 Å². The first-order chi connectivity index (χ1) is 8.22. The van der Waals surface area contributed by atoms with E-state index in [4.69, 9.17) is 16.3 Å². The topological polar surface area (TPSA) is 21.3 Å². The first-order valence-electron chi connectivity index (χ1n) is 6.40. The van der Waals surface area contributed by atoms with E-state index in [1.165, 1.54) is 24.0 Å². The minimum Gasteiger partial charge on any atom is -0.493 e.